The van der Waals surface area contributed by atoms with Crippen molar-refractivity contribution < 1.29 is 4.79 Å². The van der Waals surface area contributed by atoms with Gasteiger partial charge in [-0.2, -0.15) is 0 Å². The number of carbonyl (C=O) groups excluding carboxylic acids is 1. The summed E-state index contributed by atoms with van der Waals surface area (Å²) in [5.74, 6) is 0.252. The van der Waals surface area contributed by atoms with Crippen LogP contribution in [0.5, 0.6) is 0 Å². The molecule has 92 valence electrons. The highest BCUT2D eigenvalue weighted by molar-refractivity contribution is 5.97. The van der Waals surface area contributed by atoms with E-state index in [4.69, 9.17) is 0 Å². The molecule has 0 unspecified atom stereocenters. The predicted octanol–water partition coefficient (Wildman–Crippen LogP) is 2.97. The van der Waals surface area contributed by atoms with Crippen LogP contribution >= 0.6 is 0 Å². The van der Waals surface area contributed by atoms with E-state index in [1.807, 2.05) is 18.2 Å². The first kappa shape index (κ1) is 12.3. The minimum absolute atomic E-state index is 0.252. The number of carbonyl (C=O) groups is 1. The van der Waals surface area contributed by atoms with Crippen LogP contribution in [0.15, 0.2) is 18.2 Å². The lowest BCUT2D eigenvalue weighted by Gasteiger charge is -2.18. The molecule has 2 heteroatoms. The van der Waals surface area contributed by atoms with Crippen molar-refractivity contribution in [3.8, 4) is 0 Å². The van der Waals surface area contributed by atoms with Gasteiger partial charge in [-0.25, -0.2) is 0 Å². The van der Waals surface area contributed by atoms with E-state index in [9.17, 15) is 4.79 Å². The van der Waals surface area contributed by atoms with Crippen LogP contribution in [0, 0.1) is 13.8 Å². The van der Waals surface area contributed by atoms with E-state index in [2.05, 4.69) is 25.7 Å². The summed E-state index contributed by atoms with van der Waals surface area (Å²) in [4.78, 5) is 14.5. The van der Waals surface area contributed by atoms with E-state index in [0.29, 0.717) is 12.6 Å². The van der Waals surface area contributed by atoms with E-state index in [1.54, 1.807) is 0 Å². The van der Waals surface area contributed by atoms with Crippen LogP contribution in [-0.4, -0.2) is 29.8 Å². The summed E-state index contributed by atoms with van der Waals surface area (Å²) < 4.78 is 0. The number of likely N-dealkylation sites (N-methyl/N-ethyl adjacent to an activating group) is 1. The summed E-state index contributed by atoms with van der Waals surface area (Å²) >= 11 is 0. The molecular formula is C15H21NO. The summed E-state index contributed by atoms with van der Waals surface area (Å²) in [5.41, 5.74) is 3.30. The van der Waals surface area contributed by atoms with Crippen molar-refractivity contribution in [2.45, 2.75) is 39.7 Å². The van der Waals surface area contributed by atoms with Crippen molar-refractivity contribution in [3.05, 3.63) is 34.9 Å². The van der Waals surface area contributed by atoms with E-state index in [0.717, 1.165) is 12.1 Å². The Labute approximate surface area is 104 Å². The lowest BCUT2D eigenvalue weighted by Crippen LogP contribution is -2.31. The molecule has 0 amide bonds. The fourth-order valence-electron chi connectivity index (χ4n) is 2.13. The summed E-state index contributed by atoms with van der Waals surface area (Å²) in [6, 6.07) is 6.66. The molecule has 0 N–H and O–H groups in total. The van der Waals surface area contributed by atoms with Gasteiger partial charge in [0, 0.05) is 11.6 Å². The van der Waals surface area contributed by atoms with Crippen LogP contribution in [0.25, 0.3) is 0 Å². The lowest BCUT2D eigenvalue weighted by atomic mass is 10.0. The number of ketones is 1. The van der Waals surface area contributed by atoms with Gasteiger partial charge in [0.05, 0.1) is 6.54 Å². The average molecular weight is 231 g/mol. The zero-order chi connectivity index (χ0) is 12.4. The van der Waals surface area contributed by atoms with E-state index in [1.165, 1.54) is 24.0 Å². The molecule has 1 aliphatic rings. The van der Waals surface area contributed by atoms with Gasteiger partial charge in [0.25, 0.3) is 0 Å². The van der Waals surface area contributed by atoms with Crippen LogP contribution in [-0.2, 0) is 0 Å². The zero-order valence-corrected chi connectivity index (χ0v) is 11.0. The Morgan fingerprint density at radius 3 is 2.53 bits per heavy atom. The maximum atomic E-state index is 12.2. The Morgan fingerprint density at radius 2 is 2.00 bits per heavy atom. The van der Waals surface area contributed by atoms with Crippen molar-refractivity contribution in [1.29, 1.82) is 0 Å². The first-order valence-corrected chi connectivity index (χ1v) is 6.46. The molecule has 1 aromatic carbocycles. The molecule has 1 aliphatic carbocycles. The molecule has 0 aromatic heterocycles. The predicted molar refractivity (Wildman–Crippen MR) is 70.5 cm³/mol. The van der Waals surface area contributed by atoms with E-state index >= 15 is 0 Å². The van der Waals surface area contributed by atoms with Gasteiger partial charge >= 0.3 is 0 Å². The van der Waals surface area contributed by atoms with Gasteiger partial charge in [-0.15, -0.1) is 0 Å². The molecule has 2 nitrogen and oxygen atoms in total. The topological polar surface area (TPSA) is 20.3 Å². The minimum Gasteiger partial charge on any atom is -0.293 e. The Bertz CT molecular complexity index is 421. The number of hydrogen-bond donors (Lipinski definition) is 0. The molecule has 2 rings (SSSR count). The third kappa shape index (κ3) is 2.95. The second-order valence-electron chi connectivity index (χ2n) is 5.02. The van der Waals surface area contributed by atoms with Crippen molar-refractivity contribution in [2.75, 3.05) is 13.1 Å². The summed E-state index contributed by atoms with van der Waals surface area (Å²) in [6.45, 7) is 7.81. The van der Waals surface area contributed by atoms with Crippen molar-refractivity contribution in [3.63, 3.8) is 0 Å². The van der Waals surface area contributed by atoms with E-state index < -0.39 is 0 Å². The fraction of sp³-hybridized carbons (Fsp3) is 0.533. The summed E-state index contributed by atoms with van der Waals surface area (Å²) in [7, 11) is 0. The molecule has 0 atom stereocenters. The van der Waals surface area contributed by atoms with Crippen LogP contribution in [0.3, 0.4) is 0 Å². The molecular weight excluding hydrogens is 210 g/mol. The van der Waals surface area contributed by atoms with Crippen molar-refractivity contribution in [1.82, 2.24) is 4.90 Å². The molecule has 0 bridgehead atoms. The van der Waals surface area contributed by atoms with Crippen molar-refractivity contribution in [2.24, 2.45) is 0 Å². The van der Waals surface area contributed by atoms with Crippen LogP contribution in [0.2, 0.25) is 0 Å². The molecule has 1 aromatic rings. The monoisotopic (exact) mass is 231 g/mol. The van der Waals surface area contributed by atoms with Crippen LogP contribution in [0.1, 0.15) is 41.3 Å². The Kier molecular flexibility index (Phi) is 3.63. The lowest BCUT2D eigenvalue weighted by molar-refractivity contribution is 0.0928. The molecule has 0 aliphatic heterocycles. The zero-order valence-electron chi connectivity index (χ0n) is 11.0. The normalized spacial score (nSPS) is 15.3. The molecule has 17 heavy (non-hydrogen) atoms. The highest BCUT2D eigenvalue weighted by Gasteiger charge is 2.29. The maximum Gasteiger partial charge on any atom is 0.176 e. The van der Waals surface area contributed by atoms with Gasteiger partial charge < -0.3 is 0 Å². The number of aryl methyl sites for hydroxylation is 2. The number of nitrogens with zero attached hydrogens (tertiary/aromatic N) is 1. The summed E-state index contributed by atoms with van der Waals surface area (Å²) in [6.07, 6.45) is 2.52. The minimum atomic E-state index is 0.252. The highest BCUT2D eigenvalue weighted by Crippen LogP contribution is 2.26. The second kappa shape index (κ2) is 5.01. The third-order valence-electron chi connectivity index (χ3n) is 3.65. The number of rotatable bonds is 5. The number of hydrogen-bond acceptors (Lipinski definition) is 2. The number of Topliss-reactive ketones (excluding diaryl/α,β-unsaturated/α-hetero) is 1. The van der Waals surface area contributed by atoms with Crippen LogP contribution < -0.4 is 0 Å². The highest BCUT2D eigenvalue weighted by atomic mass is 16.1. The molecule has 1 saturated carbocycles. The summed E-state index contributed by atoms with van der Waals surface area (Å²) in [5, 5.41) is 0. The Balaban J connectivity index is 2.05. The average Bonchev–Trinajstić information content (AvgIpc) is 3.13. The first-order valence-electron chi connectivity index (χ1n) is 6.46. The van der Waals surface area contributed by atoms with Gasteiger partial charge in [0.1, 0.15) is 0 Å². The smallest absolute Gasteiger partial charge is 0.176 e. The molecule has 0 heterocycles. The first-order chi connectivity index (χ1) is 8.11. The number of benzene rings is 1. The SMILES string of the molecule is CCN(CC(=O)c1ccc(C)c(C)c1)C1CC1. The van der Waals surface area contributed by atoms with Crippen molar-refractivity contribution >= 4 is 5.78 Å². The fourth-order valence-corrected chi connectivity index (χ4v) is 2.13. The van der Waals surface area contributed by atoms with E-state index in [-0.39, 0.29) is 5.78 Å². The quantitative estimate of drug-likeness (QED) is 0.726. The Morgan fingerprint density at radius 1 is 1.29 bits per heavy atom. The second-order valence-corrected chi connectivity index (χ2v) is 5.02. The standard InChI is InChI=1S/C15H21NO/c1-4-16(14-7-8-14)10-15(17)13-6-5-11(2)12(3)9-13/h5-6,9,14H,4,7-8,10H2,1-3H3. The maximum absolute atomic E-state index is 12.2. The van der Waals surface area contributed by atoms with Gasteiger partial charge in [-0.05, 0) is 50.4 Å². The van der Waals surface area contributed by atoms with Gasteiger partial charge in [0.15, 0.2) is 5.78 Å². The largest absolute Gasteiger partial charge is 0.293 e. The van der Waals surface area contributed by atoms with Gasteiger partial charge in [0.2, 0.25) is 0 Å². The van der Waals surface area contributed by atoms with Gasteiger partial charge in [-0.1, -0.05) is 19.1 Å². The Hall–Kier alpha value is -1.15. The molecule has 0 radical (unpaired) electrons. The molecule has 1 fully saturated rings. The molecule has 0 saturated heterocycles. The molecule has 0 spiro atoms. The van der Waals surface area contributed by atoms with Gasteiger partial charge in [-0.3, -0.25) is 9.69 Å². The van der Waals surface area contributed by atoms with Crippen LogP contribution in [0.4, 0.5) is 0 Å². The third-order valence-corrected chi connectivity index (χ3v) is 3.65.